The zero-order chi connectivity index (χ0) is 29.7. The van der Waals surface area contributed by atoms with E-state index >= 15 is 0 Å². The summed E-state index contributed by atoms with van der Waals surface area (Å²) in [5, 5.41) is 0.307. The molecule has 216 valence electrons. The molecule has 1 aliphatic rings. The van der Waals surface area contributed by atoms with Crippen LogP contribution in [0.2, 0.25) is 5.02 Å². The van der Waals surface area contributed by atoms with Crippen molar-refractivity contribution < 1.29 is 18.0 Å². The van der Waals surface area contributed by atoms with E-state index in [0.717, 1.165) is 5.56 Å². The average molecular weight is 602 g/mol. The highest BCUT2D eigenvalue weighted by molar-refractivity contribution is 7.92. The Bertz CT molecular complexity index is 1660. The summed E-state index contributed by atoms with van der Waals surface area (Å²) in [4.78, 5) is 29.9. The van der Waals surface area contributed by atoms with Crippen molar-refractivity contribution >= 4 is 39.1 Å². The van der Waals surface area contributed by atoms with Gasteiger partial charge >= 0.3 is 0 Å². The van der Waals surface area contributed by atoms with Crippen molar-refractivity contribution in [3.63, 3.8) is 0 Å². The van der Waals surface area contributed by atoms with Gasteiger partial charge in [0.1, 0.15) is 0 Å². The molecule has 0 N–H and O–H groups in total. The van der Waals surface area contributed by atoms with E-state index in [0.29, 0.717) is 42.2 Å². The lowest BCUT2D eigenvalue weighted by Crippen LogP contribution is -2.47. The summed E-state index contributed by atoms with van der Waals surface area (Å²) < 4.78 is 29.4. The van der Waals surface area contributed by atoms with E-state index in [1.54, 1.807) is 60.5 Å². The van der Waals surface area contributed by atoms with Crippen LogP contribution in [0.15, 0.2) is 114 Å². The molecule has 0 aliphatic carbocycles. The van der Waals surface area contributed by atoms with Crippen LogP contribution in [0.1, 0.15) is 39.1 Å². The van der Waals surface area contributed by atoms with Crippen molar-refractivity contribution in [2.24, 2.45) is 0 Å². The molecule has 2 amide bonds. The molecule has 7 nitrogen and oxygen atoms in total. The number of amides is 2. The number of halogens is 1. The normalized spacial score (nSPS) is 13.9. The van der Waals surface area contributed by atoms with Crippen molar-refractivity contribution in [1.29, 1.82) is 0 Å². The predicted molar refractivity (Wildman–Crippen MR) is 165 cm³/mol. The number of carbonyl (C=O) groups is 2. The zero-order valence-electron chi connectivity index (χ0n) is 23.3. The number of piperidine rings is 1. The fourth-order valence-electron chi connectivity index (χ4n) is 5.21. The number of benzene rings is 4. The maximum absolute atomic E-state index is 14.1. The Hall–Kier alpha value is -4.14. The molecule has 4 aromatic rings. The second-order valence-electron chi connectivity index (χ2n) is 10.3. The quantitative estimate of drug-likeness (QED) is 0.244. The summed E-state index contributed by atoms with van der Waals surface area (Å²) in [5.74, 6) is -0.285. The van der Waals surface area contributed by atoms with Gasteiger partial charge in [-0.1, -0.05) is 78.3 Å². The Kier molecular flexibility index (Phi) is 8.94. The fraction of sp³-hybridized carbons (Fsp3) is 0.212. The number of hydrogen-bond acceptors (Lipinski definition) is 4. The standard InChI is InChI=1S/C33H32ClN3O4S/c1-35(28-19-21-36(22-20-28)33(39)26-13-6-3-7-14-26)32(38)27-15-10-16-29(23-27)42(40,41)37(24-25-11-4-2-5-12-25)31-18-9-8-17-30(31)34/h2-18,23,28H,19-22,24H2,1H3. The van der Waals surface area contributed by atoms with E-state index in [1.165, 1.54) is 16.4 Å². The first-order valence-electron chi connectivity index (χ1n) is 13.8. The average Bonchev–Trinajstić information content (AvgIpc) is 3.04. The van der Waals surface area contributed by atoms with Crippen LogP contribution in [0.3, 0.4) is 0 Å². The highest BCUT2D eigenvalue weighted by Gasteiger charge is 2.31. The van der Waals surface area contributed by atoms with Crippen LogP contribution in [-0.2, 0) is 16.6 Å². The van der Waals surface area contributed by atoms with E-state index in [9.17, 15) is 18.0 Å². The molecule has 0 bridgehead atoms. The third kappa shape index (κ3) is 6.35. The van der Waals surface area contributed by atoms with Gasteiger partial charge < -0.3 is 9.80 Å². The van der Waals surface area contributed by atoms with Gasteiger partial charge in [0.15, 0.2) is 0 Å². The molecule has 0 radical (unpaired) electrons. The summed E-state index contributed by atoms with van der Waals surface area (Å²) in [6.07, 6.45) is 1.27. The molecule has 5 rings (SSSR count). The third-order valence-electron chi connectivity index (χ3n) is 7.60. The number of carbonyl (C=O) groups excluding carboxylic acids is 2. The maximum atomic E-state index is 14.1. The van der Waals surface area contributed by atoms with Crippen LogP contribution in [0.5, 0.6) is 0 Å². The summed E-state index contributed by atoms with van der Waals surface area (Å²) in [7, 11) is -2.36. The second kappa shape index (κ2) is 12.8. The van der Waals surface area contributed by atoms with Crippen molar-refractivity contribution in [1.82, 2.24) is 9.80 Å². The molecule has 1 aliphatic heterocycles. The predicted octanol–water partition coefficient (Wildman–Crippen LogP) is 6.11. The monoisotopic (exact) mass is 601 g/mol. The molecule has 1 heterocycles. The Balaban J connectivity index is 1.34. The minimum Gasteiger partial charge on any atom is -0.339 e. The SMILES string of the molecule is CN(C(=O)c1cccc(S(=O)(=O)N(Cc2ccccc2)c2ccccc2Cl)c1)C1CCN(C(=O)c2ccccc2)CC1. The van der Waals surface area contributed by atoms with Gasteiger partial charge in [-0.05, 0) is 60.9 Å². The van der Waals surface area contributed by atoms with Crippen molar-refractivity contribution in [3.05, 3.63) is 131 Å². The van der Waals surface area contributed by atoms with Crippen LogP contribution in [-0.4, -0.2) is 56.2 Å². The molecular formula is C33H32ClN3O4S. The Morgan fingerprint density at radius 1 is 0.810 bits per heavy atom. The van der Waals surface area contributed by atoms with Gasteiger partial charge in [0.05, 0.1) is 22.2 Å². The van der Waals surface area contributed by atoms with Crippen LogP contribution in [0.25, 0.3) is 0 Å². The molecule has 0 aromatic heterocycles. The lowest BCUT2D eigenvalue weighted by atomic mass is 10.0. The first-order chi connectivity index (χ1) is 20.3. The second-order valence-corrected chi connectivity index (χ2v) is 12.6. The largest absolute Gasteiger partial charge is 0.339 e. The van der Waals surface area contributed by atoms with Crippen LogP contribution in [0, 0.1) is 0 Å². The molecule has 1 saturated heterocycles. The lowest BCUT2D eigenvalue weighted by Gasteiger charge is -2.37. The third-order valence-corrected chi connectivity index (χ3v) is 9.67. The van der Waals surface area contributed by atoms with E-state index in [1.807, 2.05) is 53.4 Å². The van der Waals surface area contributed by atoms with Crippen LogP contribution in [0.4, 0.5) is 5.69 Å². The minimum atomic E-state index is -4.09. The smallest absolute Gasteiger partial charge is 0.264 e. The summed E-state index contributed by atoms with van der Waals surface area (Å²) >= 11 is 6.46. The van der Waals surface area contributed by atoms with Crippen molar-refractivity contribution in [3.8, 4) is 0 Å². The van der Waals surface area contributed by atoms with E-state index in [4.69, 9.17) is 11.6 Å². The van der Waals surface area contributed by atoms with Gasteiger partial charge in [0, 0.05) is 37.3 Å². The highest BCUT2D eigenvalue weighted by atomic mass is 35.5. The van der Waals surface area contributed by atoms with Gasteiger partial charge in [0.25, 0.3) is 21.8 Å². The van der Waals surface area contributed by atoms with Gasteiger partial charge in [-0.3, -0.25) is 13.9 Å². The van der Waals surface area contributed by atoms with Gasteiger partial charge in [-0.15, -0.1) is 0 Å². The Morgan fingerprint density at radius 3 is 2.07 bits per heavy atom. The topological polar surface area (TPSA) is 78.0 Å². The molecule has 0 spiro atoms. The molecule has 0 atom stereocenters. The molecule has 9 heteroatoms. The van der Waals surface area contributed by atoms with E-state index in [2.05, 4.69) is 0 Å². The van der Waals surface area contributed by atoms with Crippen LogP contribution < -0.4 is 4.31 Å². The fourth-order valence-corrected chi connectivity index (χ4v) is 7.01. The number of nitrogens with zero attached hydrogens (tertiary/aromatic N) is 3. The first-order valence-corrected chi connectivity index (χ1v) is 15.6. The van der Waals surface area contributed by atoms with E-state index in [-0.39, 0.29) is 34.9 Å². The van der Waals surface area contributed by atoms with Gasteiger partial charge in [-0.25, -0.2) is 8.42 Å². The minimum absolute atomic E-state index is 0.000813. The van der Waals surface area contributed by atoms with E-state index < -0.39 is 10.0 Å². The molecule has 4 aromatic carbocycles. The maximum Gasteiger partial charge on any atom is 0.264 e. The number of para-hydroxylation sites is 1. The summed E-state index contributed by atoms with van der Waals surface area (Å²) in [6, 6.07) is 31.3. The number of hydrogen-bond donors (Lipinski definition) is 0. The number of rotatable bonds is 8. The highest BCUT2D eigenvalue weighted by Crippen LogP contribution is 2.32. The number of anilines is 1. The molecule has 0 unspecified atom stereocenters. The summed E-state index contributed by atoms with van der Waals surface area (Å²) in [5.41, 5.74) is 2.08. The van der Waals surface area contributed by atoms with Gasteiger partial charge in [-0.2, -0.15) is 0 Å². The summed E-state index contributed by atoms with van der Waals surface area (Å²) in [6.45, 7) is 1.15. The molecule has 42 heavy (non-hydrogen) atoms. The first kappa shape index (κ1) is 29.4. The molecule has 1 fully saturated rings. The number of sulfonamides is 1. The van der Waals surface area contributed by atoms with Crippen molar-refractivity contribution in [2.45, 2.75) is 30.3 Å². The number of likely N-dealkylation sites (tertiary alicyclic amines) is 1. The molecule has 0 saturated carbocycles. The lowest BCUT2D eigenvalue weighted by molar-refractivity contribution is 0.0569. The molecular weight excluding hydrogens is 570 g/mol. The Labute approximate surface area is 252 Å². The zero-order valence-corrected chi connectivity index (χ0v) is 24.8. The van der Waals surface area contributed by atoms with Crippen molar-refractivity contribution in [2.75, 3.05) is 24.4 Å². The Morgan fingerprint density at radius 2 is 1.40 bits per heavy atom. The van der Waals surface area contributed by atoms with Gasteiger partial charge in [0.2, 0.25) is 0 Å². The van der Waals surface area contributed by atoms with Crippen LogP contribution >= 0.6 is 11.6 Å².